The van der Waals surface area contributed by atoms with Gasteiger partial charge in [-0.3, -0.25) is 0 Å². The van der Waals surface area contributed by atoms with Crippen molar-refractivity contribution in [2.24, 2.45) is 0 Å². The summed E-state index contributed by atoms with van der Waals surface area (Å²) < 4.78 is 0. The number of hydrogen-bond donors (Lipinski definition) is 1. The molecule has 0 spiro atoms. The molecule has 0 saturated heterocycles. The normalized spacial score (nSPS) is 7.60. The van der Waals surface area contributed by atoms with E-state index in [2.05, 4.69) is 18.8 Å². The number of unbranched alkanes of at least 4 members (excludes halogenated alkanes) is 1. The van der Waals surface area contributed by atoms with Gasteiger partial charge in [0.25, 0.3) is 0 Å². The molecule has 0 aromatic heterocycles. The van der Waals surface area contributed by atoms with Gasteiger partial charge in [-0.25, -0.2) is 0 Å². The Morgan fingerprint density at radius 3 is 2.20 bits per heavy atom. The van der Waals surface area contributed by atoms with Gasteiger partial charge in [0.05, 0.1) is 0 Å². The van der Waals surface area contributed by atoms with Crippen LogP contribution >= 0.6 is 0 Å². The van der Waals surface area contributed by atoms with Crippen LogP contribution in [0.3, 0.4) is 0 Å². The Labute approximate surface area is 65.5 Å². The summed E-state index contributed by atoms with van der Waals surface area (Å²) in [6.45, 7) is 9.98. The van der Waals surface area contributed by atoms with Crippen molar-refractivity contribution in [3.05, 3.63) is 12.3 Å². The zero-order valence-electron chi connectivity index (χ0n) is 7.83. The van der Waals surface area contributed by atoms with Crippen molar-refractivity contribution in [1.29, 1.82) is 0 Å². The van der Waals surface area contributed by atoms with Gasteiger partial charge in [-0.15, -0.1) is 0 Å². The first-order valence-corrected chi connectivity index (χ1v) is 4.16. The van der Waals surface area contributed by atoms with E-state index in [0.29, 0.717) is 0 Å². The molecule has 0 radical (unpaired) electrons. The fraction of sp³-hybridized carbons (Fsp3) is 0.778. The van der Waals surface area contributed by atoms with Crippen molar-refractivity contribution in [2.75, 3.05) is 7.05 Å². The second-order valence-corrected chi connectivity index (χ2v) is 1.96. The highest BCUT2D eigenvalue weighted by molar-refractivity contribution is 4.88. The van der Waals surface area contributed by atoms with Crippen molar-refractivity contribution in [1.82, 2.24) is 5.32 Å². The molecule has 0 aliphatic rings. The Morgan fingerprint density at radius 1 is 1.40 bits per heavy atom. The summed E-state index contributed by atoms with van der Waals surface area (Å²) in [6.07, 6.45) is 3.62. The SMILES string of the molecule is C=C(CCCC)NC.CC. The van der Waals surface area contributed by atoms with Crippen molar-refractivity contribution >= 4 is 0 Å². The van der Waals surface area contributed by atoms with Crippen molar-refractivity contribution in [3.63, 3.8) is 0 Å². The van der Waals surface area contributed by atoms with E-state index in [1.807, 2.05) is 20.9 Å². The topological polar surface area (TPSA) is 12.0 Å². The Bertz CT molecular complexity index is 67.1. The molecule has 10 heavy (non-hydrogen) atoms. The third-order valence-electron chi connectivity index (χ3n) is 1.19. The molecule has 0 heterocycles. The van der Waals surface area contributed by atoms with Gasteiger partial charge in [-0.05, 0) is 12.8 Å². The molecule has 1 nitrogen and oxygen atoms in total. The first-order valence-electron chi connectivity index (χ1n) is 4.16. The van der Waals surface area contributed by atoms with Gasteiger partial charge in [0.15, 0.2) is 0 Å². The molecular formula is C9H21N. The maximum Gasteiger partial charge on any atom is 0.00310 e. The van der Waals surface area contributed by atoms with Gasteiger partial charge in [0, 0.05) is 12.7 Å². The highest BCUT2D eigenvalue weighted by Gasteiger charge is 1.85. The minimum absolute atomic E-state index is 1.12. The molecule has 0 fully saturated rings. The summed E-state index contributed by atoms with van der Waals surface area (Å²) >= 11 is 0. The Hall–Kier alpha value is -0.460. The molecule has 0 aliphatic carbocycles. The van der Waals surface area contributed by atoms with Crippen LogP contribution < -0.4 is 5.32 Å². The van der Waals surface area contributed by atoms with Gasteiger partial charge in [0.2, 0.25) is 0 Å². The van der Waals surface area contributed by atoms with Crippen molar-refractivity contribution in [2.45, 2.75) is 40.0 Å². The van der Waals surface area contributed by atoms with Gasteiger partial charge >= 0.3 is 0 Å². The van der Waals surface area contributed by atoms with Gasteiger partial charge < -0.3 is 5.32 Å². The van der Waals surface area contributed by atoms with E-state index < -0.39 is 0 Å². The van der Waals surface area contributed by atoms with E-state index in [4.69, 9.17) is 0 Å². The summed E-state index contributed by atoms with van der Waals surface area (Å²) in [6, 6.07) is 0. The summed E-state index contributed by atoms with van der Waals surface area (Å²) in [5, 5.41) is 3.01. The van der Waals surface area contributed by atoms with Crippen LogP contribution in [-0.2, 0) is 0 Å². The van der Waals surface area contributed by atoms with Crippen LogP contribution in [0, 0.1) is 0 Å². The molecule has 0 bridgehead atoms. The van der Waals surface area contributed by atoms with E-state index in [1.54, 1.807) is 0 Å². The Kier molecular flexibility index (Phi) is 13.9. The maximum atomic E-state index is 3.80. The van der Waals surface area contributed by atoms with E-state index in [9.17, 15) is 0 Å². The molecule has 0 rings (SSSR count). The lowest BCUT2D eigenvalue weighted by atomic mass is 10.2. The molecule has 0 amide bonds. The minimum atomic E-state index is 1.12. The summed E-state index contributed by atoms with van der Waals surface area (Å²) in [4.78, 5) is 0. The molecule has 0 unspecified atom stereocenters. The Morgan fingerprint density at radius 2 is 1.90 bits per heavy atom. The van der Waals surface area contributed by atoms with Gasteiger partial charge in [-0.1, -0.05) is 33.8 Å². The average Bonchev–Trinajstić information content (AvgIpc) is 2.04. The van der Waals surface area contributed by atoms with Gasteiger partial charge in [0.1, 0.15) is 0 Å². The lowest BCUT2D eigenvalue weighted by Gasteiger charge is -2.00. The number of hydrogen-bond acceptors (Lipinski definition) is 1. The zero-order chi connectivity index (χ0) is 8.41. The molecule has 0 atom stereocenters. The first kappa shape index (κ1) is 12.2. The van der Waals surface area contributed by atoms with Crippen molar-refractivity contribution in [3.8, 4) is 0 Å². The van der Waals surface area contributed by atoms with E-state index in [1.165, 1.54) is 12.8 Å². The smallest absolute Gasteiger partial charge is 0.00310 e. The predicted molar refractivity (Wildman–Crippen MR) is 49.1 cm³/mol. The highest BCUT2D eigenvalue weighted by Crippen LogP contribution is 1.99. The van der Waals surface area contributed by atoms with Crippen LogP contribution in [0.5, 0.6) is 0 Å². The summed E-state index contributed by atoms with van der Waals surface area (Å²) in [5.74, 6) is 0. The zero-order valence-corrected chi connectivity index (χ0v) is 7.83. The minimum Gasteiger partial charge on any atom is -0.392 e. The summed E-state index contributed by atoms with van der Waals surface area (Å²) in [5.41, 5.74) is 1.15. The van der Waals surface area contributed by atoms with E-state index in [-0.39, 0.29) is 0 Å². The molecule has 0 saturated carbocycles. The van der Waals surface area contributed by atoms with Crippen LogP contribution in [0.25, 0.3) is 0 Å². The van der Waals surface area contributed by atoms with Crippen LogP contribution in [0.15, 0.2) is 12.3 Å². The first-order chi connectivity index (χ1) is 4.81. The van der Waals surface area contributed by atoms with Crippen LogP contribution in [0.4, 0.5) is 0 Å². The lowest BCUT2D eigenvalue weighted by molar-refractivity contribution is 0.747. The number of allylic oxidation sites excluding steroid dienone is 1. The highest BCUT2D eigenvalue weighted by atomic mass is 14.8. The molecule has 1 N–H and O–H groups in total. The predicted octanol–water partition coefficient (Wildman–Crippen LogP) is 2.94. The van der Waals surface area contributed by atoms with Crippen LogP contribution in [-0.4, -0.2) is 7.05 Å². The summed E-state index contributed by atoms with van der Waals surface area (Å²) in [7, 11) is 1.91. The monoisotopic (exact) mass is 143 g/mol. The van der Waals surface area contributed by atoms with Crippen LogP contribution in [0.2, 0.25) is 0 Å². The van der Waals surface area contributed by atoms with Crippen molar-refractivity contribution < 1.29 is 0 Å². The molecule has 1 heteroatoms. The molecule has 0 aliphatic heterocycles. The van der Waals surface area contributed by atoms with E-state index >= 15 is 0 Å². The third kappa shape index (κ3) is 10.5. The fourth-order valence-electron chi connectivity index (χ4n) is 0.515. The standard InChI is InChI=1S/C7H15N.C2H6/c1-4-5-6-7(2)8-3;1-2/h8H,2,4-6H2,1,3H3;1-2H3. The maximum absolute atomic E-state index is 3.80. The number of rotatable bonds is 4. The average molecular weight is 143 g/mol. The number of nitrogens with one attached hydrogen (secondary N) is 1. The largest absolute Gasteiger partial charge is 0.392 e. The fourth-order valence-corrected chi connectivity index (χ4v) is 0.515. The molecular weight excluding hydrogens is 122 g/mol. The second-order valence-electron chi connectivity index (χ2n) is 1.96. The molecule has 0 aromatic rings. The second kappa shape index (κ2) is 11.4. The Balaban J connectivity index is 0. The van der Waals surface area contributed by atoms with Gasteiger partial charge in [-0.2, -0.15) is 0 Å². The molecule has 62 valence electrons. The van der Waals surface area contributed by atoms with Crippen LogP contribution in [0.1, 0.15) is 40.0 Å². The quantitative estimate of drug-likeness (QED) is 0.638. The van der Waals surface area contributed by atoms with E-state index in [0.717, 1.165) is 12.1 Å². The lowest BCUT2D eigenvalue weighted by Crippen LogP contribution is -2.03. The molecule has 0 aromatic carbocycles. The third-order valence-corrected chi connectivity index (χ3v) is 1.19.